The van der Waals surface area contributed by atoms with E-state index in [1.54, 1.807) is 30.4 Å². The molecule has 8 nitrogen and oxygen atoms in total. The molecular weight excluding hydrogens is 468 g/mol. The molecule has 0 bridgehead atoms. The normalized spacial score (nSPS) is 13.0. The van der Waals surface area contributed by atoms with Crippen molar-refractivity contribution in [2.45, 2.75) is 13.3 Å². The van der Waals surface area contributed by atoms with Gasteiger partial charge in [0, 0.05) is 43.9 Å². The lowest BCUT2D eigenvalue weighted by Gasteiger charge is -2.22. The molecule has 0 saturated heterocycles. The van der Waals surface area contributed by atoms with Crippen molar-refractivity contribution in [3.05, 3.63) is 89.8 Å². The zero-order chi connectivity index (χ0) is 25.9. The van der Waals surface area contributed by atoms with E-state index in [2.05, 4.69) is 9.97 Å². The number of carbonyl (C=O) groups excluding carboxylic acids is 1. The summed E-state index contributed by atoms with van der Waals surface area (Å²) in [5.74, 6) is 0.881. The number of aromatic nitrogens is 2. The third-order valence-corrected chi connectivity index (χ3v) is 6.38. The van der Waals surface area contributed by atoms with Gasteiger partial charge in [0.1, 0.15) is 11.6 Å². The molecule has 186 valence electrons. The second-order valence-electron chi connectivity index (χ2n) is 8.64. The Hall–Kier alpha value is -4.72. The van der Waals surface area contributed by atoms with Crippen molar-refractivity contribution in [3.8, 4) is 5.75 Å². The number of carboxylic acids is 1. The molecule has 3 heterocycles. The summed E-state index contributed by atoms with van der Waals surface area (Å²) >= 11 is 0. The van der Waals surface area contributed by atoms with Gasteiger partial charge in [-0.05, 0) is 53.8 Å². The average Bonchev–Trinajstić information content (AvgIpc) is 3.00. The second-order valence-corrected chi connectivity index (χ2v) is 8.64. The van der Waals surface area contributed by atoms with E-state index in [0.29, 0.717) is 42.5 Å². The van der Waals surface area contributed by atoms with Crippen molar-refractivity contribution in [2.75, 3.05) is 30.0 Å². The molecule has 0 aliphatic carbocycles. The Morgan fingerprint density at radius 1 is 1.05 bits per heavy atom. The number of hydrogen-bond donors (Lipinski definition) is 1. The molecule has 2 aromatic carbocycles. The number of ether oxygens (including phenoxy) is 1. The first kappa shape index (κ1) is 24.0. The minimum Gasteiger partial charge on any atom is -0.493 e. The molecule has 0 atom stereocenters. The quantitative estimate of drug-likeness (QED) is 0.357. The molecule has 0 spiro atoms. The van der Waals surface area contributed by atoms with Gasteiger partial charge in [0.2, 0.25) is 0 Å². The van der Waals surface area contributed by atoms with Crippen LogP contribution in [0.1, 0.15) is 28.4 Å². The fourth-order valence-electron chi connectivity index (χ4n) is 4.56. The molecule has 0 saturated carbocycles. The van der Waals surface area contributed by atoms with Crippen LogP contribution in [0, 0.1) is 0 Å². The lowest BCUT2D eigenvalue weighted by Crippen LogP contribution is -2.25. The van der Waals surface area contributed by atoms with E-state index in [0.717, 1.165) is 33.7 Å². The summed E-state index contributed by atoms with van der Waals surface area (Å²) in [4.78, 5) is 37.0. The molecule has 5 rings (SSSR count). The van der Waals surface area contributed by atoms with E-state index in [1.165, 1.54) is 0 Å². The van der Waals surface area contributed by atoms with Gasteiger partial charge in [-0.25, -0.2) is 14.8 Å². The smallest absolute Gasteiger partial charge is 0.328 e. The Morgan fingerprint density at radius 3 is 2.65 bits per heavy atom. The number of rotatable bonds is 7. The van der Waals surface area contributed by atoms with Crippen molar-refractivity contribution < 1.29 is 19.4 Å². The Labute approximate surface area is 214 Å². The lowest BCUT2D eigenvalue weighted by atomic mass is 10.0. The summed E-state index contributed by atoms with van der Waals surface area (Å²) in [7, 11) is 1.75. The summed E-state index contributed by atoms with van der Waals surface area (Å²) < 4.78 is 6.13. The number of carbonyl (C=O) groups is 2. The number of carboxylic acid groups (broad SMARTS) is 1. The average molecular weight is 495 g/mol. The van der Waals surface area contributed by atoms with Crippen LogP contribution in [0.2, 0.25) is 0 Å². The summed E-state index contributed by atoms with van der Waals surface area (Å²) in [5.41, 5.74) is 2.96. The number of nitrogens with zero attached hydrogens (tertiary/aromatic N) is 4. The molecule has 1 amide bonds. The van der Waals surface area contributed by atoms with Gasteiger partial charge in [0.05, 0.1) is 17.9 Å². The molecule has 0 fully saturated rings. The van der Waals surface area contributed by atoms with Gasteiger partial charge in [-0.1, -0.05) is 30.3 Å². The van der Waals surface area contributed by atoms with Crippen molar-refractivity contribution in [3.63, 3.8) is 0 Å². The maximum atomic E-state index is 13.3. The first-order chi connectivity index (χ1) is 18.0. The summed E-state index contributed by atoms with van der Waals surface area (Å²) in [6, 6.07) is 17.0. The number of pyridine rings is 2. The van der Waals surface area contributed by atoms with E-state index in [9.17, 15) is 9.59 Å². The molecule has 1 aliphatic rings. The van der Waals surface area contributed by atoms with Crippen LogP contribution in [-0.2, 0) is 11.2 Å². The zero-order valence-electron chi connectivity index (χ0n) is 20.6. The van der Waals surface area contributed by atoms with Gasteiger partial charge >= 0.3 is 5.97 Å². The van der Waals surface area contributed by atoms with Crippen LogP contribution < -0.4 is 14.5 Å². The number of aliphatic carboxylic acids is 1. The van der Waals surface area contributed by atoms with Crippen LogP contribution in [0.15, 0.2) is 73.1 Å². The van der Waals surface area contributed by atoms with Crippen molar-refractivity contribution in [2.24, 2.45) is 0 Å². The molecule has 1 aliphatic heterocycles. The number of anilines is 3. The molecule has 8 heteroatoms. The van der Waals surface area contributed by atoms with Gasteiger partial charge in [0.25, 0.3) is 5.91 Å². The fourth-order valence-corrected chi connectivity index (χ4v) is 4.56. The third-order valence-electron chi connectivity index (χ3n) is 6.38. The number of fused-ring (bicyclic) bond motifs is 3. The Bertz CT molecular complexity index is 1530. The second kappa shape index (κ2) is 10.1. The van der Waals surface area contributed by atoms with E-state index in [-0.39, 0.29) is 5.91 Å². The predicted molar refractivity (Wildman–Crippen MR) is 144 cm³/mol. The van der Waals surface area contributed by atoms with Crippen LogP contribution in [0.4, 0.5) is 17.3 Å². The maximum absolute atomic E-state index is 13.3. The third kappa shape index (κ3) is 4.61. The Morgan fingerprint density at radius 2 is 1.86 bits per heavy atom. The molecule has 1 N–H and O–H groups in total. The molecule has 37 heavy (non-hydrogen) atoms. The van der Waals surface area contributed by atoms with Crippen molar-refractivity contribution in [1.82, 2.24) is 9.97 Å². The van der Waals surface area contributed by atoms with Crippen LogP contribution in [0.25, 0.3) is 16.8 Å². The number of amides is 1. The largest absolute Gasteiger partial charge is 0.493 e. The topological polar surface area (TPSA) is 95.9 Å². The highest BCUT2D eigenvalue weighted by Gasteiger charge is 2.30. The molecule has 0 unspecified atom stereocenters. The maximum Gasteiger partial charge on any atom is 0.328 e. The van der Waals surface area contributed by atoms with E-state index >= 15 is 0 Å². The van der Waals surface area contributed by atoms with E-state index in [1.807, 2.05) is 66.4 Å². The van der Waals surface area contributed by atoms with Crippen LogP contribution in [-0.4, -0.2) is 47.2 Å². The highest BCUT2D eigenvalue weighted by Crippen LogP contribution is 2.37. The monoisotopic (exact) mass is 494 g/mol. The van der Waals surface area contributed by atoms with Gasteiger partial charge in [-0.15, -0.1) is 0 Å². The minimum absolute atomic E-state index is 0.133. The van der Waals surface area contributed by atoms with Crippen molar-refractivity contribution in [1.29, 1.82) is 0 Å². The van der Waals surface area contributed by atoms with Crippen LogP contribution in [0.3, 0.4) is 0 Å². The predicted octanol–water partition coefficient (Wildman–Crippen LogP) is 5.10. The van der Waals surface area contributed by atoms with Crippen molar-refractivity contribution >= 4 is 46.0 Å². The zero-order valence-corrected chi connectivity index (χ0v) is 20.6. The van der Waals surface area contributed by atoms with Gasteiger partial charge in [-0.3, -0.25) is 4.79 Å². The summed E-state index contributed by atoms with van der Waals surface area (Å²) in [6.45, 7) is 3.02. The van der Waals surface area contributed by atoms with Gasteiger partial charge in [-0.2, -0.15) is 0 Å². The molecular formula is C29H26N4O4. The van der Waals surface area contributed by atoms with Gasteiger partial charge in [0.15, 0.2) is 5.82 Å². The Kier molecular flexibility index (Phi) is 6.55. The number of benzene rings is 2. The van der Waals surface area contributed by atoms with Gasteiger partial charge < -0.3 is 19.6 Å². The molecule has 4 aromatic rings. The first-order valence-electron chi connectivity index (χ1n) is 12.0. The molecule has 2 aromatic heterocycles. The highest BCUT2D eigenvalue weighted by atomic mass is 16.5. The number of hydrogen-bond acceptors (Lipinski definition) is 6. The minimum atomic E-state index is -0.995. The first-order valence-corrected chi connectivity index (χ1v) is 12.0. The summed E-state index contributed by atoms with van der Waals surface area (Å²) in [5, 5.41) is 10.8. The fraction of sp³-hybridized carbons (Fsp3) is 0.172. The summed E-state index contributed by atoms with van der Waals surface area (Å²) in [6.07, 6.45) is 6.76. The molecule has 0 radical (unpaired) electrons. The highest BCUT2D eigenvalue weighted by molar-refractivity contribution is 6.12. The van der Waals surface area contributed by atoms with Crippen LogP contribution >= 0.6 is 0 Å². The Balaban J connectivity index is 1.38. The van der Waals surface area contributed by atoms with E-state index < -0.39 is 5.97 Å². The lowest BCUT2D eigenvalue weighted by molar-refractivity contribution is -0.131. The SMILES string of the molecule is CCN1c2ncc(CCOc3ccc(/C=C/C(=O)O)c4ccccc34)cc2C(=O)N(C)c2cccnc21. The van der Waals surface area contributed by atoms with Crippen LogP contribution in [0.5, 0.6) is 5.75 Å². The standard InChI is InChI=1S/C29H26N4O4/c1-3-33-27-23(29(36)32(2)24-9-6-15-30-28(24)33)17-19(18-31-27)14-16-37-25-12-10-20(11-13-26(34)35)21-7-4-5-8-22(21)25/h4-13,15,17-18H,3,14,16H2,1-2H3,(H,34,35)/b13-11+. The van der Waals surface area contributed by atoms with E-state index in [4.69, 9.17) is 9.84 Å².